The molecule has 3 N–H and O–H groups in total. The van der Waals surface area contributed by atoms with E-state index < -0.39 is 0 Å². The average Bonchev–Trinajstić information content (AvgIpc) is 2.38. The first kappa shape index (κ1) is 15.3. The quantitative estimate of drug-likeness (QED) is 0.716. The summed E-state index contributed by atoms with van der Waals surface area (Å²) >= 11 is 5.85. The van der Waals surface area contributed by atoms with Gasteiger partial charge in [-0.15, -0.1) is 0 Å². The summed E-state index contributed by atoms with van der Waals surface area (Å²) in [5.74, 6) is 0.0432. The molecule has 0 aromatic heterocycles. The number of rotatable bonds is 6. The maximum Gasteiger partial charge on any atom is 0.238 e. The molecule has 0 fully saturated rings. The van der Waals surface area contributed by atoms with Crippen LogP contribution in [0.15, 0.2) is 18.2 Å². The molecule has 0 aliphatic carbocycles. The number of likely N-dealkylation sites (N-methyl/N-ethyl adjacent to an activating group) is 1. The molecule has 1 aromatic rings. The zero-order chi connectivity index (χ0) is 14.3. The standard InChI is InChI=1S/C12H16ClN3O3/c1-14-11(17)6-15-7-12(18)16-9-5-8(13)3-4-10(9)19-2/h3-5,15H,6-7H2,1-2H3,(H,14,17)(H,16,18). The lowest BCUT2D eigenvalue weighted by Gasteiger charge is -2.10. The monoisotopic (exact) mass is 285 g/mol. The maximum absolute atomic E-state index is 11.7. The third kappa shape index (κ3) is 5.15. The summed E-state index contributed by atoms with van der Waals surface area (Å²) in [5, 5.41) is 8.30. The van der Waals surface area contributed by atoms with Crippen LogP contribution in [0.1, 0.15) is 0 Å². The Bertz CT molecular complexity index is 466. The summed E-state index contributed by atoms with van der Waals surface area (Å²) in [6.45, 7) is 0.0969. The summed E-state index contributed by atoms with van der Waals surface area (Å²) < 4.78 is 5.10. The highest BCUT2D eigenvalue weighted by atomic mass is 35.5. The molecular weight excluding hydrogens is 270 g/mol. The first-order valence-corrected chi connectivity index (χ1v) is 5.99. The zero-order valence-corrected chi connectivity index (χ0v) is 11.5. The number of carbonyl (C=O) groups excluding carboxylic acids is 2. The van der Waals surface area contributed by atoms with Gasteiger partial charge in [-0.05, 0) is 18.2 Å². The van der Waals surface area contributed by atoms with Crippen LogP contribution in [0.25, 0.3) is 0 Å². The molecule has 0 aliphatic rings. The molecule has 0 atom stereocenters. The molecule has 0 heterocycles. The topological polar surface area (TPSA) is 79.5 Å². The van der Waals surface area contributed by atoms with E-state index in [2.05, 4.69) is 16.0 Å². The Morgan fingerprint density at radius 3 is 2.58 bits per heavy atom. The Kier molecular flexibility index (Phi) is 6.11. The van der Waals surface area contributed by atoms with Crippen molar-refractivity contribution in [2.75, 3.05) is 32.6 Å². The van der Waals surface area contributed by atoms with E-state index in [1.165, 1.54) is 14.2 Å². The van der Waals surface area contributed by atoms with Crippen LogP contribution in [0.2, 0.25) is 5.02 Å². The number of amides is 2. The highest BCUT2D eigenvalue weighted by molar-refractivity contribution is 6.31. The van der Waals surface area contributed by atoms with Crippen LogP contribution in [0.4, 0.5) is 5.69 Å². The molecule has 1 aromatic carbocycles. The van der Waals surface area contributed by atoms with E-state index in [4.69, 9.17) is 16.3 Å². The summed E-state index contributed by atoms with van der Waals surface area (Å²) in [5.41, 5.74) is 0.488. The van der Waals surface area contributed by atoms with Gasteiger partial charge in [-0.25, -0.2) is 0 Å². The van der Waals surface area contributed by atoms with E-state index in [0.29, 0.717) is 16.5 Å². The van der Waals surface area contributed by atoms with E-state index >= 15 is 0 Å². The van der Waals surface area contributed by atoms with Crippen LogP contribution in [-0.4, -0.2) is 39.1 Å². The van der Waals surface area contributed by atoms with E-state index in [0.717, 1.165) is 0 Å². The van der Waals surface area contributed by atoms with Crippen molar-refractivity contribution in [1.82, 2.24) is 10.6 Å². The number of ether oxygens (including phenoxy) is 1. The highest BCUT2D eigenvalue weighted by Gasteiger charge is 2.08. The van der Waals surface area contributed by atoms with Crippen LogP contribution in [0.3, 0.4) is 0 Å². The second kappa shape index (κ2) is 7.60. The van der Waals surface area contributed by atoms with Gasteiger partial charge < -0.3 is 15.4 Å². The normalized spacial score (nSPS) is 9.84. The van der Waals surface area contributed by atoms with Crippen LogP contribution < -0.4 is 20.7 Å². The van der Waals surface area contributed by atoms with Crippen LogP contribution in [0, 0.1) is 0 Å². The molecule has 1 rings (SSSR count). The Morgan fingerprint density at radius 2 is 1.95 bits per heavy atom. The van der Waals surface area contributed by atoms with Crippen molar-refractivity contribution in [3.8, 4) is 5.75 Å². The van der Waals surface area contributed by atoms with Gasteiger partial charge in [0.2, 0.25) is 11.8 Å². The third-order valence-corrected chi connectivity index (χ3v) is 2.52. The number of hydrogen-bond acceptors (Lipinski definition) is 4. The predicted octanol–water partition coefficient (Wildman–Crippen LogP) is 0.623. The Balaban J connectivity index is 2.52. The lowest BCUT2D eigenvalue weighted by molar-refractivity contribution is -0.119. The minimum absolute atomic E-state index is 0.0170. The van der Waals surface area contributed by atoms with Crippen molar-refractivity contribution in [2.45, 2.75) is 0 Å². The minimum Gasteiger partial charge on any atom is -0.495 e. The first-order valence-electron chi connectivity index (χ1n) is 5.61. The van der Waals surface area contributed by atoms with Crippen molar-refractivity contribution in [3.05, 3.63) is 23.2 Å². The molecule has 19 heavy (non-hydrogen) atoms. The molecule has 0 spiro atoms. The molecule has 0 saturated heterocycles. The van der Waals surface area contributed by atoms with Gasteiger partial charge in [0.15, 0.2) is 0 Å². The Labute approximate surface area is 116 Å². The van der Waals surface area contributed by atoms with Crippen LogP contribution >= 0.6 is 11.6 Å². The largest absolute Gasteiger partial charge is 0.495 e. The van der Waals surface area contributed by atoms with Crippen molar-refractivity contribution < 1.29 is 14.3 Å². The summed E-state index contributed by atoms with van der Waals surface area (Å²) in [6.07, 6.45) is 0. The fourth-order valence-electron chi connectivity index (χ4n) is 1.35. The molecule has 0 aliphatic heterocycles. The molecule has 104 valence electrons. The predicted molar refractivity (Wildman–Crippen MR) is 73.6 cm³/mol. The van der Waals surface area contributed by atoms with Crippen LogP contribution in [0.5, 0.6) is 5.75 Å². The number of halogens is 1. The lowest BCUT2D eigenvalue weighted by Crippen LogP contribution is -2.36. The van der Waals surface area contributed by atoms with Crippen molar-refractivity contribution in [1.29, 1.82) is 0 Å². The lowest BCUT2D eigenvalue weighted by atomic mass is 10.3. The molecule has 7 heteroatoms. The second-order valence-electron chi connectivity index (χ2n) is 3.67. The number of nitrogens with one attached hydrogen (secondary N) is 3. The molecule has 0 bridgehead atoms. The fourth-order valence-corrected chi connectivity index (χ4v) is 1.52. The molecular formula is C12H16ClN3O3. The first-order chi connectivity index (χ1) is 9.06. The van der Waals surface area contributed by atoms with Crippen molar-refractivity contribution >= 4 is 29.1 Å². The smallest absolute Gasteiger partial charge is 0.238 e. The van der Waals surface area contributed by atoms with E-state index in [1.54, 1.807) is 18.2 Å². The van der Waals surface area contributed by atoms with Crippen molar-refractivity contribution in [3.63, 3.8) is 0 Å². The molecule has 0 unspecified atom stereocenters. The van der Waals surface area contributed by atoms with E-state index in [9.17, 15) is 9.59 Å². The number of benzene rings is 1. The molecule has 0 radical (unpaired) electrons. The van der Waals surface area contributed by atoms with Crippen molar-refractivity contribution in [2.24, 2.45) is 0 Å². The fraction of sp³-hybridized carbons (Fsp3) is 0.333. The van der Waals surface area contributed by atoms with Gasteiger partial charge in [-0.2, -0.15) is 0 Å². The van der Waals surface area contributed by atoms with Gasteiger partial charge in [-0.3, -0.25) is 14.9 Å². The SMILES string of the molecule is CNC(=O)CNCC(=O)Nc1cc(Cl)ccc1OC. The minimum atomic E-state index is -0.288. The van der Waals surface area contributed by atoms with Gasteiger partial charge in [0, 0.05) is 12.1 Å². The van der Waals surface area contributed by atoms with E-state index in [1.807, 2.05) is 0 Å². The summed E-state index contributed by atoms with van der Waals surface area (Å²) in [7, 11) is 3.03. The van der Waals surface area contributed by atoms with Crippen LogP contribution in [-0.2, 0) is 9.59 Å². The Morgan fingerprint density at radius 1 is 1.26 bits per heavy atom. The maximum atomic E-state index is 11.7. The number of anilines is 1. The average molecular weight is 286 g/mol. The van der Waals surface area contributed by atoms with Gasteiger partial charge >= 0.3 is 0 Å². The highest BCUT2D eigenvalue weighted by Crippen LogP contribution is 2.27. The van der Waals surface area contributed by atoms with E-state index in [-0.39, 0.29) is 24.9 Å². The number of hydrogen-bond donors (Lipinski definition) is 3. The second-order valence-corrected chi connectivity index (χ2v) is 4.11. The molecule has 0 saturated carbocycles. The summed E-state index contributed by atoms with van der Waals surface area (Å²) in [6, 6.07) is 4.92. The zero-order valence-electron chi connectivity index (χ0n) is 10.7. The van der Waals surface area contributed by atoms with Gasteiger partial charge in [0.1, 0.15) is 5.75 Å². The molecule has 6 nitrogen and oxygen atoms in total. The number of methoxy groups -OCH3 is 1. The van der Waals surface area contributed by atoms with Gasteiger partial charge in [-0.1, -0.05) is 11.6 Å². The van der Waals surface area contributed by atoms with Gasteiger partial charge in [0.25, 0.3) is 0 Å². The third-order valence-electron chi connectivity index (χ3n) is 2.29. The summed E-state index contributed by atoms with van der Waals surface area (Å²) in [4.78, 5) is 22.6. The van der Waals surface area contributed by atoms with Gasteiger partial charge in [0.05, 0.1) is 25.9 Å². The Hall–Kier alpha value is -1.79. The number of carbonyl (C=O) groups is 2. The molecule has 2 amide bonds.